The molecule has 0 amide bonds. The van der Waals surface area contributed by atoms with E-state index in [2.05, 4.69) is 9.59 Å². The summed E-state index contributed by atoms with van der Waals surface area (Å²) >= 11 is 6.86. The zero-order chi connectivity index (χ0) is 9.10. The van der Waals surface area contributed by atoms with Crippen LogP contribution in [0.2, 0.25) is 0 Å². The zero-order valence-corrected chi connectivity index (χ0v) is 8.31. The maximum Gasteiger partial charge on any atom is 0.120 e. The molecule has 1 aromatic heterocycles. The van der Waals surface area contributed by atoms with Gasteiger partial charge in [0.25, 0.3) is 0 Å². The van der Waals surface area contributed by atoms with E-state index < -0.39 is 0 Å². The number of rotatable bonds is 3. The number of hydrogen-bond acceptors (Lipinski definition) is 4. The molecule has 0 atom stereocenters. The summed E-state index contributed by atoms with van der Waals surface area (Å²) in [5.41, 5.74) is 0.906. The highest BCUT2D eigenvalue weighted by Gasteiger charge is 1.99. The van der Waals surface area contributed by atoms with Crippen molar-refractivity contribution >= 4 is 33.4 Å². The van der Waals surface area contributed by atoms with Crippen LogP contribution >= 0.6 is 23.1 Å². The molecule has 0 aliphatic heterocycles. The fourth-order valence-electron chi connectivity index (χ4n) is 1.00. The SMILES string of the molecule is ClCCOc1ccc2nnsc2c1. The Balaban J connectivity index is 2.26. The van der Waals surface area contributed by atoms with Crippen molar-refractivity contribution in [1.82, 2.24) is 9.59 Å². The second-order valence-electron chi connectivity index (χ2n) is 2.44. The zero-order valence-electron chi connectivity index (χ0n) is 6.74. The van der Waals surface area contributed by atoms with Crippen LogP contribution in [0.4, 0.5) is 0 Å². The Hall–Kier alpha value is -0.870. The minimum atomic E-state index is 0.499. The van der Waals surface area contributed by atoms with Crippen molar-refractivity contribution in [1.29, 1.82) is 0 Å². The van der Waals surface area contributed by atoms with E-state index >= 15 is 0 Å². The Bertz CT molecular complexity index is 404. The Morgan fingerprint density at radius 3 is 3.23 bits per heavy atom. The van der Waals surface area contributed by atoms with E-state index in [4.69, 9.17) is 16.3 Å². The Morgan fingerprint density at radius 2 is 2.38 bits per heavy atom. The first-order valence-corrected chi connectivity index (χ1v) is 5.12. The molecule has 0 N–H and O–H groups in total. The van der Waals surface area contributed by atoms with Gasteiger partial charge in [0, 0.05) is 6.07 Å². The van der Waals surface area contributed by atoms with E-state index in [1.165, 1.54) is 11.5 Å². The first-order valence-electron chi connectivity index (χ1n) is 3.81. The molecular weight excluding hydrogens is 208 g/mol. The van der Waals surface area contributed by atoms with Gasteiger partial charge < -0.3 is 4.74 Å². The van der Waals surface area contributed by atoms with Crippen LogP contribution in [0.1, 0.15) is 0 Å². The summed E-state index contributed by atoms with van der Waals surface area (Å²) in [7, 11) is 0. The Morgan fingerprint density at radius 1 is 1.46 bits per heavy atom. The van der Waals surface area contributed by atoms with Gasteiger partial charge in [-0.1, -0.05) is 4.49 Å². The molecule has 1 heterocycles. The van der Waals surface area contributed by atoms with Crippen LogP contribution < -0.4 is 4.74 Å². The quantitative estimate of drug-likeness (QED) is 0.736. The van der Waals surface area contributed by atoms with Gasteiger partial charge in [-0.3, -0.25) is 0 Å². The first-order chi connectivity index (χ1) is 6.40. The molecule has 0 aliphatic carbocycles. The fraction of sp³-hybridized carbons (Fsp3) is 0.250. The second-order valence-corrected chi connectivity index (χ2v) is 3.60. The van der Waals surface area contributed by atoms with E-state index in [0.717, 1.165) is 16.0 Å². The second kappa shape index (κ2) is 3.89. The molecule has 2 rings (SSSR count). The van der Waals surface area contributed by atoms with Crippen molar-refractivity contribution in [2.75, 3.05) is 12.5 Å². The van der Waals surface area contributed by atoms with Gasteiger partial charge >= 0.3 is 0 Å². The van der Waals surface area contributed by atoms with E-state index in [9.17, 15) is 0 Å². The molecule has 0 saturated carbocycles. The summed E-state index contributed by atoms with van der Waals surface area (Å²) in [5, 5.41) is 3.93. The monoisotopic (exact) mass is 214 g/mol. The van der Waals surface area contributed by atoms with Crippen LogP contribution in [-0.4, -0.2) is 22.1 Å². The number of fused-ring (bicyclic) bond motifs is 1. The van der Waals surface area contributed by atoms with Gasteiger partial charge in [-0.25, -0.2) is 0 Å². The molecule has 0 aliphatic rings. The van der Waals surface area contributed by atoms with Gasteiger partial charge in [0.1, 0.15) is 17.9 Å². The van der Waals surface area contributed by atoms with Crippen LogP contribution in [-0.2, 0) is 0 Å². The van der Waals surface area contributed by atoms with Gasteiger partial charge in [-0.15, -0.1) is 16.7 Å². The molecular formula is C8H7ClN2OS. The predicted octanol–water partition coefficient (Wildman–Crippen LogP) is 2.31. The lowest BCUT2D eigenvalue weighted by atomic mass is 10.3. The summed E-state index contributed by atoms with van der Waals surface area (Å²) < 4.78 is 10.2. The molecule has 1 aromatic carbocycles. The molecule has 0 bridgehead atoms. The molecule has 0 saturated heterocycles. The normalized spacial score (nSPS) is 10.5. The topological polar surface area (TPSA) is 35.0 Å². The highest BCUT2D eigenvalue weighted by Crippen LogP contribution is 2.21. The molecule has 0 spiro atoms. The van der Waals surface area contributed by atoms with Crippen LogP contribution in [0.3, 0.4) is 0 Å². The molecule has 2 aromatic rings. The summed E-state index contributed by atoms with van der Waals surface area (Å²) in [4.78, 5) is 0. The van der Waals surface area contributed by atoms with Gasteiger partial charge in [-0.2, -0.15) is 0 Å². The maximum absolute atomic E-state index is 5.50. The van der Waals surface area contributed by atoms with E-state index in [1.807, 2.05) is 18.2 Å². The number of ether oxygens (including phenoxy) is 1. The summed E-state index contributed by atoms with van der Waals surface area (Å²) in [5.74, 6) is 1.32. The van der Waals surface area contributed by atoms with Crippen LogP contribution in [0.5, 0.6) is 5.75 Å². The van der Waals surface area contributed by atoms with E-state index in [1.54, 1.807) is 0 Å². The van der Waals surface area contributed by atoms with Crippen LogP contribution in [0.25, 0.3) is 10.2 Å². The highest BCUT2D eigenvalue weighted by atomic mass is 35.5. The van der Waals surface area contributed by atoms with Gasteiger partial charge in [0.2, 0.25) is 0 Å². The van der Waals surface area contributed by atoms with Crippen molar-refractivity contribution in [2.45, 2.75) is 0 Å². The molecule has 5 heteroatoms. The predicted molar refractivity (Wildman–Crippen MR) is 53.6 cm³/mol. The summed E-state index contributed by atoms with van der Waals surface area (Å²) in [6.45, 7) is 0.527. The first kappa shape index (κ1) is 8.72. The third kappa shape index (κ3) is 1.89. The van der Waals surface area contributed by atoms with Crippen molar-refractivity contribution in [2.24, 2.45) is 0 Å². The van der Waals surface area contributed by atoms with Crippen LogP contribution in [0, 0.1) is 0 Å². The average molecular weight is 215 g/mol. The Labute approximate surface area is 84.4 Å². The third-order valence-corrected chi connectivity index (χ3v) is 2.41. The molecule has 0 fully saturated rings. The number of nitrogens with zero attached hydrogens (tertiary/aromatic N) is 2. The fourth-order valence-corrected chi connectivity index (χ4v) is 1.67. The number of aromatic nitrogens is 2. The maximum atomic E-state index is 5.50. The standard InChI is InChI=1S/C8H7ClN2OS/c9-3-4-12-6-1-2-7-8(5-6)13-11-10-7/h1-2,5H,3-4H2. The third-order valence-electron chi connectivity index (χ3n) is 1.56. The lowest BCUT2D eigenvalue weighted by Gasteiger charge is -2.01. The van der Waals surface area contributed by atoms with Crippen molar-refractivity contribution in [3.05, 3.63) is 18.2 Å². The van der Waals surface area contributed by atoms with E-state index in [-0.39, 0.29) is 0 Å². The number of hydrogen-bond donors (Lipinski definition) is 0. The summed E-state index contributed by atoms with van der Waals surface area (Å²) in [6.07, 6.45) is 0. The van der Waals surface area contributed by atoms with Crippen LogP contribution in [0.15, 0.2) is 18.2 Å². The molecule has 0 unspecified atom stereocenters. The molecule has 0 radical (unpaired) electrons. The van der Waals surface area contributed by atoms with E-state index in [0.29, 0.717) is 12.5 Å². The van der Waals surface area contributed by atoms with Gasteiger partial charge in [0.15, 0.2) is 0 Å². The molecule has 13 heavy (non-hydrogen) atoms. The Kier molecular flexibility index (Phi) is 2.61. The minimum Gasteiger partial charge on any atom is -0.492 e. The molecule has 68 valence electrons. The van der Waals surface area contributed by atoms with Gasteiger partial charge in [0.05, 0.1) is 10.6 Å². The lowest BCUT2D eigenvalue weighted by molar-refractivity contribution is 0.343. The smallest absolute Gasteiger partial charge is 0.120 e. The summed E-state index contributed by atoms with van der Waals surface area (Å²) in [6, 6.07) is 5.69. The largest absolute Gasteiger partial charge is 0.492 e. The van der Waals surface area contributed by atoms with Crippen molar-refractivity contribution in [3.8, 4) is 5.75 Å². The lowest BCUT2D eigenvalue weighted by Crippen LogP contribution is -1.97. The number of benzene rings is 1. The molecule has 3 nitrogen and oxygen atoms in total. The minimum absolute atomic E-state index is 0.499. The average Bonchev–Trinajstić information content (AvgIpc) is 2.61. The number of alkyl halides is 1. The van der Waals surface area contributed by atoms with Gasteiger partial charge in [-0.05, 0) is 23.7 Å². The number of halogens is 1. The van der Waals surface area contributed by atoms with Crippen molar-refractivity contribution < 1.29 is 4.74 Å². The van der Waals surface area contributed by atoms with Crippen molar-refractivity contribution in [3.63, 3.8) is 0 Å². The highest BCUT2D eigenvalue weighted by molar-refractivity contribution is 7.12.